The normalized spacial score (nSPS) is 12.5. The van der Waals surface area contributed by atoms with Gasteiger partial charge >= 0.3 is 0 Å². The monoisotopic (exact) mass is 195 g/mol. The quantitative estimate of drug-likeness (QED) is 0.727. The molecule has 3 N–H and O–H groups in total. The Labute approximate surface area is 82.9 Å². The molecule has 0 heterocycles. The SMILES string of the molecule is C=CCC(N)c1c(O)ccc(F)c1C. The molecule has 0 spiro atoms. The van der Waals surface area contributed by atoms with E-state index in [-0.39, 0.29) is 11.6 Å². The van der Waals surface area contributed by atoms with Gasteiger partial charge in [-0.2, -0.15) is 0 Å². The van der Waals surface area contributed by atoms with Crippen molar-refractivity contribution in [1.29, 1.82) is 0 Å². The molecule has 1 aromatic rings. The van der Waals surface area contributed by atoms with Crippen molar-refractivity contribution in [1.82, 2.24) is 0 Å². The van der Waals surface area contributed by atoms with Gasteiger partial charge in [-0.25, -0.2) is 4.39 Å². The van der Waals surface area contributed by atoms with Gasteiger partial charge in [-0.1, -0.05) is 6.08 Å². The van der Waals surface area contributed by atoms with E-state index in [1.54, 1.807) is 13.0 Å². The molecule has 2 nitrogen and oxygen atoms in total. The van der Waals surface area contributed by atoms with Gasteiger partial charge in [0, 0.05) is 11.6 Å². The van der Waals surface area contributed by atoms with Gasteiger partial charge < -0.3 is 10.8 Å². The van der Waals surface area contributed by atoms with Crippen LogP contribution in [0, 0.1) is 12.7 Å². The number of phenolic OH excluding ortho intramolecular Hbond substituents is 1. The van der Waals surface area contributed by atoms with Crippen LogP contribution in [0.15, 0.2) is 24.8 Å². The first-order chi connectivity index (χ1) is 6.57. The van der Waals surface area contributed by atoms with Gasteiger partial charge in [0.2, 0.25) is 0 Å². The van der Waals surface area contributed by atoms with Crippen LogP contribution >= 0.6 is 0 Å². The molecular weight excluding hydrogens is 181 g/mol. The fraction of sp³-hybridized carbons (Fsp3) is 0.273. The Morgan fingerprint density at radius 1 is 1.64 bits per heavy atom. The van der Waals surface area contributed by atoms with Crippen molar-refractivity contribution in [3.63, 3.8) is 0 Å². The minimum absolute atomic E-state index is 0.0400. The molecule has 0 fully saturated rings. The van der Waals surface area contributed by atoms with Crippen molar-refractivity contribution in [2.24, 2.45) is 5.73 Å². The number of hydrogen-bond donors (Lipinski definition) is 2. The van der Waals surface area contributed by atoms with Crippen LogP contribution in [-0.4, -0.2) is 5.11 Å². The summed E-state index contributed by atoms with van der Waals surface area (Å²) >= 11 is 0. The van der Waals surface area contributed by atoms with Crippen molar-refractivity contribution < 1.29 is 9.50 Å². The fourth-order valence-corrected chi connectivity index (χ4v) is 1.45. The van der Waals surface area contributed by atoms with Gasteiger partial charge in [0.05, 0.1) is 0 Å². The van der Waals surface area contributed by atoms with Crippen LogP contribution in [0.3, 0.4) is 0 Å². The van der Waals surface area contributed by atoms with Crippen molar-refractivity contribution in [2.45, 2.75) is 19.4 Å². The third-order valence-electron chi connectivity index (χ3n) is 2.22. The van der Waals surface area contributed by atoms with E-state index in [4.69, 9.17) is 5.73 Å². The molecule has 0 aliphatic rings. The smallest absolute Gasteiger partial charge is 0.126 e. The lowest BCUT2D eigenvalue weighted by Gasteiger charge is -2.14. The highest BCUT2D eigenvalue weighted by Gasteiger charge is 2.15. The van der Waals surface area contributed by atoms with Gasteiger partial charge in [0.25, 0.3) is 0 Å². The van der Waals surface area contributed by atoms with E-state index < -0.39 is 6.04 Å². The number of phenols is 1. The first-order valence-corrected chi connectivity index (χ1v) is 4.42. The van der Waals surface area contributed by atoms with Crippen LogP contribution in [0.1, 0.15) is 23.6 Å². The maximum Gasteiger partial charge on any atom is 0.126 e. The second-order valence-corrected chi connectivity index (χ2v) is 3.24. The van der Waals surface area contributed by atoms with E-state index >= 15 is 0 Å². The van der Waals surface area contributed by atoms with Gasteiger partial charge in [-0.05, 0) is 31.0 Å². The number of benzene rings is 1. The predicted octanol–water partition coefficient (Wildman–Crippen LogP) is 2.42. The van der Waals surface area contributed by atoms with E-state index in [2.05, 4.69) is 6.58 Å². The molecule has 3 heteroatoms. The number of hydrogen-bond acceptors (Lipinski definition) is 2. The molecule has 0 bridgehead atoms. The summed E-state index contributed by atoms with van der Waals surface area (Å²) in [6.45, 7) is 5.16. The number of aromatic hydroxyl groups is 1. The summed E-state index contributed by atoms with van der Waals surface area (Å²) in [7, 11) is 0. The average molecular weight is 195 g/mol. The third-order valence-corrected chi connectivity index (χ3v) is 2.22. The molecule has 1 unspecified atom stereocenters. The Morgan fingerprint density at radius 2 is 2.29 bits per heavy atom. The number of nitrogens with two attached hydrogens (primary N) is 1. The fourth-order valence-electron chi connectivity index (χ4n) is 1.45. The van der Waals surface area contributed by atoms with Crippen molar-refractivity contribution >= 4 is 0 Å². The molecule has 1 atom stereocenters. The Morgan fingerprint density at radius 3 is 2.86 bits per heavy atom. The van der Waals surface area contributed by atoms with E-state index in [1.165, 1.54) is 12.1 Å². The first kappa shape index (κ1) is 10.7. The first-order valence-electron chi connectivity index (χ1n) is 4.42. The zero-order valence-corrected chi connectivity index (χ0v) is 8.13. The molecule has 76 valence electrons. The van der Waals surface area contributed by atoms with Crippen molar-refractivity contribution in [2.75, 3.05) is 0 Å². The number of halogens is 1. The minimum atomic E-state index is -0.400. The van der Waals surface area contributed by atoms with Crippen LogP contribution < -0.4 is 5.73 Å². The van der Waals surface area contributed by atoms with Gasteiger partial charge in [0.1, 0.15) is 11.6 Å². The van der Waals surface area contributed by atoms with Crippen LogP contribution in [0.2, 0.25) is 0 Å². The summed E-state index contributed by atoms with van der Waals surface area (Å²) in [5.41, 5.74) is 6.64. The standard InChI is InChI=1S/C11H14FNO/c1-3-4-9(13)11-7(2)8(12)5-6-10(11)14/h3,5-6,9,14H,1,4,13H2,2H3. The second kappa shape index (κ2) is 4.24. The molecule has 0 aromatic heterocycles. The topological polar surface area (TPSA) is 46.2 Å². The summed E-state index contributed by atoms with van der Waals surface area (Å²) in [5, 5.41) is 9.53. The summed E-state index contributed by atoms with van der Waals surface area (Å²) in [6, 6.07) is 2.15. The average Bonchev–Trinajstić information content (AvgIpc) is 2.13. The molecule has 0 saturated carbocycles. The van der Waals surface area contributed by atoms with Gasteiger partial charge in [-0.3, -0.25) is 0 Å². The molecule has 1 rings (SSSR count). The van der Waals surface area contributed by atoms with Crippen LogP contribution in [-0.2, 0) is 0 Å². The second-order valence-electron chi connectivity index (χ2n) is 3.24. The van der Waals surface area contributed by atoms with Gasteiger partial charge in [-0.15, -0.1) is 6.58 Å². The van der Waals surface area contributed by atoms with E-state index in [1.807, 2.05) is 0 Å². The molecule has 0 radical (unpaired) electrons. The van der Waals surface area contributed by atoms with Crippen molar-refractivity contribution in [3.05, 3.63) is 41.7 Å². The molecule has 0 aliphatic carbocycles. The highest BCUT2D eigenvalue weighted by Crippen LogP contribution is 2.29. The lowest BCUT2D eigenvalue weighted by molar-refractivity contribution is 0.457. The maximum absolute atomic E-state index is 13.2. The van der Waals surface area contributed by atoms with E-state index in [0.717, 1.165) is 0 Å². The lowest BCUT2D eigenvalue weighted by Crippen LogP contribution is -2.11. The third kappa shape index (κ3) is 1.93. The Balaban J connectivity index is 3.17. The molecule has 0 saturated heterocycles. The molecule has 0 aliphatic heterocycles. The molecule has 1 aromatic carbocycles. The van der Waals surface area contributed by atoms with Crippen LogP contribution in [0.4, 0.5) is 4.39 Å². The summed E-state index contributed by atoms with van der Waals surface area (Å²) in [5.74, 6) is -0.310. The minimum Gasteiger partial charge on any atom is -0.508 e. The summed E-state index contributed by atoms with van der Waals surface area (Å²) in [6.07, 6.45) is 2.16. The van der Waals surface area contributed by atoms with Gasteiger partial charge in [0.15, 0.2) is 0 Å². The highest BCUT2D eigenvalue weighted by atomic mass is 19.1. The highest BCUT2D eigenvalue weighted by molar-refractivity contribution is 5.41. The van der Waals surface area contributed by atoms with Crippen LogP contribution in [0.5, 0.6) is 5.75 Å². The Kier molecular flexibility index (Phi) is 3.25. The Bertz CT molecular complexity index is 349. The number of rotatable bonds is 3. The summed E-state index contributed by atoms with van der Waals surface area (Å²) < 4.78 is 13.2. The molecule has 0 amide bonds. The van der Waals surface area contributed by atoms with Crippen LogP contribution in [0.25, 0.3) is 0 Å². The molecule has 14 heavy (non-hydrogen) atoms. The summed E-state index contributed by atoms with van der Waals surface area (Å²) in [4.78, 5) is 0. The largest absolute Gasteiger partial charge is 0.508 e. The van der Waals surface area contributed by atoms with E-state index in [9.17, 15) is 9.50 Å². The maximum atomic E-state index is 13.2. The molecular formula is C11H14FNO. The lowest BCUT2D eigenvalue weighted by atomic mass is 9.98. The van der Waals surface area contributed by atoms with E-state index in [0.29, 0.717) is 17.5 Å². The zero-order chi connectivity index (χ0) is 10.7. The predicted molar refractivity (Wildman–Crippen MR) is 54.5 cm³/mol. The zero-order valence-electron chi connectivity index (χ0n) is 8.13. The van der Waals surface area contributed by atoms with Crippen molar-refractivity contribution in [3.8, 4) is 5.75 Å². The Hall–Kier alpha value is -1.35.